The maximum atomic E-state index is 13.6. The molecule has 1 aliphatic heterocycles. The highest BCUT2D eigenvalue weighted by molar-refractivity contribution is 6.25. The van der Waals surface area contributed by atoms with Crippen molar-refractivity contribution in [3.63, 3.8) is 0 Å². The predicted molar refractivity (Wildman–Crippen MR) is 115 cm³/mol. The number of nitrogens with zero attached hydrogens (tertiary/aromatic N) is 1. The van der Waals surface area contributed by atoms with Crippen LogP contribution in [0.4, 0.5) is 18.9 Å². The van der Waals surface area contributed by atoms with Crippen molar-refractivity contribution < 1.29 is 41.8 Å². The SMILES string of the molecule is O=C(O[C@@H]1C(=O)N(c2ccccc2C(F)(F)F)C(=O)[C@@H]1OC(=O)c1ccccc1)c1ccccc1. The number of anilines is 1. The first-order chi connectivity index (χ1) is 16.7. The van der Waals surface area contributed by atoms with Gasteiger partial charge in [0.05, 0.1) is 22.4 Å². The Kier molecular flexibility index (Phi) is 6.37. The molecule has 1 heterocycles. The Morgan fingerprint density at radius 3 is 1.49 bits per heavy atom. The highest BCUT2D eigenvalue weighted by atomic mass is 19.4. The van der Waals surface area contributed by atoms with Crippen LogP contribution in [0.1, 0.15) is 26.3 Å². The zero-order valence-electron chi connectivity index (χ0n) is 17.8. The first kappa shape index (κ1) is 23.7. The molecule has 0 aliphatic carbocycles. The summed E-state index contributed by atoms with van der Waals surface area (Å²) in [5.74, 6) is -4.60. The molecule has 2 atom stereocenters. The summed E-state index contributed by atoms with van der Waals surface area (Å²) >= 11 is 0. The van der Waals surface area contributed by atoms with Gasteiger partial charge < -0.3 is 9.47 Å². The molecule has 7 nitrogen and oxygen atoms in total. The van der Waals surface area contributed by atoms with Gasteiger partial charge in [0.2, 0.25) is 12.2 Å². The summed E-state index contributed by atoms with van der Waals surface area (Å²) in [5.41, 5.74) is -1.98. The molecule has 178 valence electrons. The minimum Gasteiger partial charge on any atom is -0.444 e. The van der Waals surface area contributed by atoms with E-state index in [0.29, 0.717) is 6.07 Å². The van der Waals surface area contributed by atoms with Gasteiger partial charge in [-0.3, -0.25) is 9.59 Å². The van der Waals surface area contributed by atoms with Crippen molar-refractivity contribution in [2.45, 2.75) is 18.4 Å². The van der Waals surface area contributed by atoms with Gasteiger partial charge in [-0.15, -0.1) is 0 Å². The van der Waals surface area contributed by atoms with E-state index in [0.717, 1.165) is 12.1 Å². The molecular weight excluding hydrogens is 467 g/mol. The van der Waals surface area contributed by atoms with E-state index in [2.05, 4.69) is 0 Å². The molecule has 3 aromatic rings. The molecule has 4 rings (SSSR count). The number of benzene rings is 3. The largest absolute Gasteiger partial charge is 0.444 e. The number of ether oxygens (including phenoxy) is 2. The molecule has 0 bridgehead atoms. The van der Waals surface area contributed by atoms with Gasteiger partial charge in [0.1, 0.15) is 0 Å². The van der Waals surface area contributed by atoms with E-state index in [9.17, 15) is 32.3 Å². The maximum absolute atomic E-state index is 13.6. The molecule has 0 aromatic heterocycles. The third-order valence-corrected chi connectivity index (χ3v) is 5.14. The fourth-order valence-electron chi connectivity index (χ4n) is 3.51. The van der Waals surface area contributed by atoms with Crippen molar-refractivity contribution in [1.82, 2.24) is 0 Å². The van der Waals surface area contributed by atoms with E-state index in [4.69, 9.17) is 9.47 Å². The van der Waals surface area contributed by atoms with E-state index in [-0.39, 0.29) is 16.0 Å². The molecule has 35 heavy (non-hydrogen) atoms. The number of hydrogen-bond acceptors (Lipinski definition) is 6. The second-order valence-corrected chi connectivity index (χ2v) is 7.41. The number of carbonyl (C=O) groups excluding carboxylic acids is 4. The molecule has 1 aliphatic rings. The Balaban J connectivity index is 1.72. The lowest BCUT2D eigenvalue weighted by Gasteiger charge is -2.19. The Hall–Kier alpha value is -4.47. The molecule has 0 radical (unpaired) electrons. The van der Waals surface area contributed by atoms with Crippen LogP contribution in [-0.2, 0) is 25.2 Å². The molecule has 1 fully saturated rings. The number of esters is 2. The van der Waals surface area contributed by atoms with Crippen molar-refractivity contribution in [2.75, 3.05) is 4.90 Å². The number of carbonyl (C=O) groups is 4. The van der Waals surface area contributed by atoms with E-state index < -0.39 is 53.4 Å². The van der Waals surface area contributed by atoms with Gasteiger partial charge in [-0.05, 0) is 36.4 Å². The van der Waals surface area contributed by atoms with Crippen LogP contribution in [0.3, 0.4) is 0 Å². The predicted octanol–water partition coefficient (Wildman–Crippen LogP) is 4.03. The topological polar surface area (TPSA) is 90.0 Å². The molecule has 0 spiro atoms. The van der Waals surface area contributed by atoms with Crippen LogP contribution < -0.4 is 4.90 Å². The van der Waals surface area contributed by atoms with E-state index in [1.807, 2.05) is 0 Å². The smallest absolute Gasteiger partial charge is 0.418 e. The van der Waals surface area contributed by atoms with Gasteiger partial charge in [0.15, 0.2) is 0 Å². The zero-order chi connectivity index (χ0) is 25.2. The van der Waals surface area contributed by atoms with Crippen molar-refractivity contribution in [1.29, 1.82) is 0 Å². The van der Waals surface area contributed by atoms with Gasteiger partial charge in [0.25, 0.3) is 11.8 Å². The number of imide groups is 1. The van der Waals surface area contributed by atoms with Crippen LogP contribution in [0.5, 0.6) is 0 Å². The Bertz CT molecular complexity index is 1210. The molecule has 3 aromatic carbocycles. The summed E-state index contributed by atoms with van der Waals surface area (Å²) < 4.78 is 51.2. The van der Waals surface area contributed by atoms with Gasteiger partial charge in [-0.25, -0.2) is 14.5 Å². The summed E-state index contributed by atoms with van der Waals surface area (Å²) in [6.07, 6.45) is -8.89. The number of rotatable bonds is 5. The second-order valence-electron chi connectivity index (χ2n) is 7.41. The van der Waals surface area contributed by atoms with E-state index in [1.165, 1.54) is 54.6 Å². The minimum atomic E-state index is -4.90. The van der Waals surface area contributed by atoms with Gasteiger partial charge in [0, 0.05) is 0 Å². The zero-order valence-corrected chi connectivity index (χ0v) is 17.8. The quantitative estimate of drug-likeness (QED) is 0.402. The van der Waals surface area contributed by atoms with E-state index >= 15 is 0 Å². The summed E-state index contributed by atoms with van der Waals surface area (Å²) in [5, 5.41) is 0. The summed E-state index contributed by atoms with van der Waals surface area (Å²) in [7, 11) is 0. The molecule has 1 saturated heterocycles. The van der Waals surface area contributed by atoms with Crippen LogP contribution >= 0.6 is 0 Å². The molecule has 0 saturated carbocycles. The Morgan fingerprint density at radius 2 is 1.06 bits per heavy atom. The summed E-state index contributed by atoms with van der Waals surface area (Å²) in [6, 6.07) is 18.8. The third-order valence-electron chi connectivity index (χ3n) is 5.14. The van der Waals surface area contributed by atoms with Crippen LogP contribution in [0, 0.1) is 0 Å². The van der Waals surface area contributed by atoms with Crippen LogP contribution in [-0.4, -0.2) is 36.0 Å². The first-order valence-corrected chi connectivity index (χ1v) is 10.2. The fraction of sp³-hybridized carbons (Fsp3) is 0.120. The van der Waals surface area contributed by atoms with Crippen molar-refractivity contribution in [3.05, 3.63) is 102 Å². The van der Waals surface area contributed by atoms with Crippen molar-refractivity contribution in [2.24, 2.45) is 0 Å². The molecule has 0 N–H and O–H groups in total. The second kappa shape index (κ2) is 9.41. The normalized spacial score (nSPS) is 17.9. The fourth-order valence-corrected chi connectivity index (χ4v) is 3.51. The first-order valence-electron chi connectivity index (χ1n) is 10.2. The number of hydrogen-bond donors (Lipinski definition) is 0. The van der Waals surface area contributed by atoms with Crippen LogP contribution in [0.2, 0.25) is 0 Å². The molecular formula is C25H16F3NO6. The number of halogens is 3. The average molecular weight is 483 g/mol. The van der Waals surface area contributed by atoms with Gasteiger partial charge >= 0.3 is 18.1 Å². The number of para-hydroxylation sites is 1. The third kappa shape index (κ3) is 4.77. The van der Waals surface area contributed by atoms with Gasteiger partial charge in [-0.2, -0.15) is 13.2 Å². The minimum absolute atomic E-state index is 0.0232. The number of amides is 2. The monoisotopic (exact) mass is 483 g/mol. The lowest BCUT2D eigenvalue weighted by Crippen LogP contribution is -2.37. The van der Waals surface area contributed by atoms with Crippen molar-refractivity contribution in [3.8, 4) is 0 Å². The summed E-state index contributed by atoms with van der Waals surface area (Å²) in [6.45, 7) is 0. The van der Waals surface area contributed by atoms with Crippen LogP contribution in [0.15, 0.2) is 84.9 Å². The van der Waals surface area contributed by atoms with Crippen molar-refractivity contribution >= 4 is 29.4 Å². The number of alkyl halides is 3. The standard InChI is InChI=1S/C25H16F3NO6/c26-25(27,28)17-13-7-8-14-18(17)29-21(30)19(34-23(32)15-9-3-1-4-10-15)20(22(29)31)35-24(33)16-11-5-2-6-12-16/h1-14,19-20H/t19-,20+. The Labute approximate surface area is 196 Å². The maximum Gasteiger partial charge on any atom is 0.418 e. The summed E-state index contributed by atoms with van der Waals surface area (Å²) in [4.78, 5) is 51.7. The Morgan fingerprint density at radius 1 is 0.657 bits per heavy atom. The molecule has 2 amide bonds. The highest BCUT2D eigenvalue weighted by Gasteiger charge is 2.55. The lowest BCUT2D eigenvalue weighted by atomic mass is 10.1. The lowest BCUT2D eigenvalue weighted by molar-refractivity contribution is -0.137. The van der Waals surface area contributed by atoms with Gasteiger partial charge in [-0.1, -0.05) is 48.5 Å². The van der Waals surface area contributed by atoms with E-state index in [1.54, 1.807) is 12.1 Å². The van der Waals surface area contributed by atoms with Crippen LogP contribution in [0.25, 0.3) is 0 Å². The highest BCUT2D eigenvalue weighted by Crippen LogP contribution is 2.39. The molecule has 10 heteroatoms. The average Bonchev–Trinajstić information content (AvgIpc) is 3.08. The molecule has 0 unspecified atom stereocenters.